The molecule has 0 aliphatic carbocycles. The van der Waals surface area contributed by atoms with Crippen LogP contribution in [0.5, 0.6) is 0 Å². The van der Waals surface area contributed by atoms with E-state index in [4.69, 9.17) is 0 Å². The fourth-order valence-corrected chi connectivity index (χ4v) is 1.66. The fourth-order valence-electron chi connectivity index (χ4n) is 1.66. The highest BCUT2D eigenvalue weighted by Gasteiger charge is 2.18. The number of hydrogen-bond acceptors (Lipinski definition) is 3. The van der Waals surface area contributed by atoms with Gasteiger partial charge in [-0.2, -0.15) is 0 Å². The second kappa shape index (κ2) is 3.46. The summed E-state index contributed by atoms with van der Waals surface area (Å²) in [7, 11) is 0. The Hall–Kier alpha value is -0.900. The van der Waals surface area contributed by atoms with E-state index >= 15 is 0 Å². The van der Waals surface area contributed by atoms with Gasteiger partial charge in [0.2, 0.25) is 0 Å². The second-order valence-electron chi connectivity index (χ2n) is 3.61. The smallest absolute Gasteiger partial charge is 0.147 e. The van der Waals surface area contributed by atoms with Gasteiger partial charge in [-0.15, -0.1) is 10.2 Å². The van der Waals surface area contributed by atoms with Crippen molar-refractivity contribution in [3.63, 3.8) is 0 Å². The molecule has 4 heteroatoms. The standard InChI is InChI=1S/C9H16N4/c1-3-7(2)9-12-11-8-6-10-4-5-13(8)9/h7,10H,3-6H2,1-2H3. The molecule has 72 valence electrons. The Bertz CT molecular complexity index is 292. The number of nitrogens with one attached hydrogen (secondary N) is 1. The zero-order chi connectivity index (χ0) is 9.26. The summed E-state index contributed by atoms with van der Waals surface area (Å²) in [6, 6.07) is 0. The molecule has 4 nitrogen and oxygen atoms in total. The maximum Gasteiger partial charge on any atom is 0.147 e. The highest BCUT2D eigenvalue weighted by atomic mass is 15.3. The summed E-state index contributed by atoms with van der Waals surface area (Å²) in [6.45, 7) is 7.31. The first-order valence-electron chi connectivity index (χ1n) is 4.95. The molecule has 0 saturated carbocycles. The fraction of sp³-hybridized carbons (Fsp3) is 0.778. The Morgan fingerprint density at radius 1 is 1.54 bits per heavy atom. The van der Waals surface area contributed by atoms with Gasteiger partial charge in [-0.05, 0) is 6.42 Å². The van der Waals surface area contributed by atoms with E-state index in [2.05, 4.69) is 33.9 Å². The second-order valence-corrected chi connectivity index (χ2v) is 3.61. The monoisotopic (exact) mass is 180 g/mol. The molecule has 0 radical (unpaired) electrons. The largest absolute Gasteiger partial charge is 0.312 e. The van der Waals surface area contributed by atoms with Crippen molar-refractivity contribution >= 4 is 0 Å². The number of nitrogens with zero attached hydrogens (tertiary/aromatic N) is 3. The molecule has 0 amide bonds. The van der Waals surface area contributed by atoms with Crippen LogP contribution >= 0.6 is 0 Å². The Kier molecular flexibility index (Phi) is 2.31. The molecule has 2 heterocycles. The molecule has 0 saturated heterocycles. The molecule has 1 N–H and O–H groups in total. The number of hydrogen-bond donors (Lipinski definition) is 1. The van der Waals surface area contributed by atoms with Crippen LogP contribution in [-0.2, 0) is 13.1 Å². The lowest BCUT2D eigenvalue weighted by molar-refractivity contribution is 0.480. The average Bonchev–Trinajstić information content (AvgIpc) is 2.60. The van der Waals surface area contributed by atoms with Gasteiger partial charge in [-0.25, -0.2) is 0 Å². The predicted octanol–water partition coefficient (Wildman–Crippen LogP) is 0.895. The molecule has 0 fully saturated rings. The van der Waals surface area contributed by atoms with Gasteiger partial charge in [0, 0.05) is 19.0 Å². The topological polar surface area (TPSA) is 42.7 Å². The maximum atomic E-state index is 4.24. The highest BCUT2D eigenvalue weighted by molar-refractivity contribution is 5.02. The third-order valence-electron chi connectivity index (χ3n) is 2.70. The maximum absolute atomic E-state index is 4.24. The van der Waals surface area contributed by atoms with Gasteiger partial charge in [0.05, 0.1) is 6.54 Å². The van der Waals surface area contributed by atoms with Crippen molar-refractivity contribution in [1.82, 2.24) is 20.1 Å². The van der Waals surface area contributed by atoms with Gasteiger partial charge >= 0.3 is 0 Å². The molecule has 0 spiro atoms. The molecular formula is C9H16N4. The van der Waals surface area contributed by atoms with Crippen LogP contribution in [0.2, 0.25) is 0 Å². The third-order valence-corrected chi connectivity index (χ3v) is 2.70. The molecule has 13 heavy (non-hydrogen) atoms. The first kappa shape index (κ1) is 8.69. The van der Waals surface area contributed by atoms with Crippen molar-refractivity contribution in [2.24, 2.45) is 0 Å². The van der Waals surface area contributed by atoms with Crippen LogP contribution in [0.1, 0.15) is 37.8 Å². The van der Waals surface area contributed by atoms with Crippen LogP contribution in [0.15, 0.2) is 0 Å². The summed E-state index contributed by atoms with van der Waals surface area (Å²) in [4.78, 5) is 0. The summed E-state index contributed by atoms with van der Waals surface area (Å²) in [6.07, 6.45) is 1.13. The van der Waals surface area contributed by atoms with Crippen molar-refractivity contribution in [2.45, 2.75) is 39.3 Å². The number of aromatic nitrogens is 3. The van der Waals surface area contributed by atoms with E-state index in [1.165, 1.54) is 0 Å². The van der Waals surface area contributed by atoms with Crippen LogP contribution < -0.4 is 5.32 Å². The van der Waals surface area contributed by atoms with E-state index in [9.17, 15) is 0 Å². The summed E-state index contributed by atoms with van der Waals surface area (Å²) in [5.41, 5.74) is 0. The van der Waals surface area contributed by atoms with Crippen LogP contribution in [0.25, 0.3) is 0 Å². The number of rotatable bonds is 2. The third kappa shape index (κ3) is 1.46. The van der Waals surface area contributed by atoms with Crippen molar-refractivity contribution < 1.29 is 0 Å². The minimum Gasteiger partial charge on any atom is -0.312 e. The molecule has 1 aliphatic heterocycles. The van der Waals surface area contributed by atoms with Crippen LogP contribution in [0, 0.1) is 0 Å². The predicted molar refractivity (Wildman–Crippen MR) is 50.4 cm³/mol. The van der Waals surface area contributed by atoms with Gasteiger partial charge < -0.3 is 9.88 Å². The molecule has 1 unspecified atom stereocenters. The van der Waals surface area contributed by atoms with E-state index in [0.29, 0.717) is 5.92 Å². The van der Waals surface area contributed by atoms with Crippen molar-refractivity contribution in [3.8, 4) is 0 Å². The van der Waals surface area contributed by atoms with Crippen LogP contribution in [-0.4, -0.2) is 21.3 Å². The molecule has 1 aliphatic rings. The molecule has 1 aromatic heterocycles. The minimum absolute atomic E-state index is 0.527. The Balaban J connectivity index is 2.31. The highest BCUT2D eigenvalue weighted by Crippen LogP contribution is 2.18. The average molecular weight is 180 g/mol. The molecule has 0 bridgehead atoms. The first-order valence-corrected chi connectivity index (χ1v) is 4.95. The number of fused-ring (bicyclic) bond motifs is 1. The van der Waals surface area contributed by atoms with Crippen molar-refractivity contribution in [1.29, 1.82) is 0 Å². The lowest BCUT2D eigenvalue weighted by Crippen LogP contribution is -2.29. The van der Waals surface area contributed by atoms with Crippen molar-refractivity contribution in [2.75, 3.05) is 6.54 Å². The van der Waals surface area contributed by atoms with Gasteiger partial charge in [-0.3, -0.25) is 0 Å². The lowest BCUT2D eigenvalue weighted by atomic mass is 10.1. The SMILES string of the molecule is CCC(C)c1nnc2n1CCNC2. The van der Waals surface area contributed by atoms with Crippen LogP contribution in [0.4, 0.5) is 0 Å². The Morgan fingerprint density at radius 3 is 3.15 bits per heavy atom. The lowest BCUT2D eigenvalue weighted by Gasteiger charge is -2.17. The van der Waals surface area contributed by atoms with E-state index in [-0.39, 0.29) is 0 Å². The Morgan fingerprint density at radius 2 is 2.38 bits per heavy atom. The zero-order valence-electron chi connectivity index (χ0n) is 8.25. The van der Waals surface area contributed by atoms with E-state index in [0.717, 1.165) is 37.7 Å². The molecule has 2 rings (SSSR count). The van der Waals surface area contributed by atoms with E-state index in [1.807, 2.05) is 0 Å². The molecule has 1 atom stereocenters. The summed E-state index contributed by atoms with van der Waals surface area (Å²) in [5.74, 6) is 2.76. The normalized spacial score (nSPS) is 18.3. The quantitative estimate of drug-likeness (QED) is 0.735. The summed E-state index contributed by atoms with van der Waals surface area (Å²) < 4.78 is 2.25. The summed E-state index contributed by atoms with van der Waals surface area (Å²) in [5, 5.41) is 11.7. The molecular weight excluding hydrogens is 164 g/mol. The van der Waals surface area contributed by atoms with Gasteiger partial charge in [0.1, 0.15) is 11.6 Å². The first-order chi connectivity index (χ1) is 6.33. The Labute approximate surface area is 78.4 Å². The summed E-state index contributed by atoms with van der Waals surface area (Å²) >= 11 is 0. The van der Waals surface area contributed by atoms with Gasteiger partial charge in [0.15, 0.2) is 0 Å². The van der Waals surface area contributed by atoms with Gasteiger partial charge in [0.25, 0.3) is 0 Å². The van der Waals surface area contributed by atoms with Crippen molar-refractivity contribution in [3.05, 3.63) is 11.6 Å². The van der Waals surface area contributed by atoms with E-state index < -0.39 is 0 Å². The van der Waals surface area contributed by atoms with Crippen LogP contribution in [0.3, 0.4) is 0 Å². The van der Waals surface area contributed by atoms with Gasteiger partial charge in [-0.1, -0.05) is 13.8 Å². The minimum atomic E-state index is 0.527. The molecule has 0 aromatic carbocycles. The molecule has 1 aromatic rings. The zero-order valence-corrected chi connectivity index (χ0v) is 8.25. The van der Waals surface area contributed by atoms with E-state index in [1.54, 1.807) is 0 Å².